The Morgan fingerprint density at radius 3 is 2.19 bits per heavy atom. The normalized spacial score (nSPS) is 14.5. The van der Waals surface area contributed by atoms with Gasteiger partial charge in [-0.2, -0.15) is 4.31 Å². The summed E-state index contributed by atoms with van der Waals surface area (Å²) in [5.41, 5.74) is 1.07. The third-order valence-corrected chi connectivity index (χ3v) is 6.17. The van der Waals surface area contributed by atoms with Gasteiger partial charge < -0.3 is 5.32 Å². The molecule has 1 fully saturated rings. The summed E-state index contributed by atoms with van der Waals surface area (Å²) in [6, 6.07) is 9.13. The molecule has 0 aliphatic heterocycles. The highest BCUT2D eigenvalue weighted by Crippen LogP contribution is 2.35. The van der Waals surface area contributed by atoms with Crippen LogP contribution < -0.4 is 5.32 Å². The second-order valence-electron chi connectivity index (χ2n) is 6.11. The summed E-state index contributed by atoms with van der Waals surface area (Å²) in [6.07, 6.45) is 1.29. The van der Waals surface area contributed by atoms with Gasteiger partial charge in [-0.1, -0.05) is 18.2 Å². The van der Waals surface area contributed by atoms with E-state index in [1.54, 1.807) is 24.3 Å². The van der Waals surface area contributed by atoms with Crippen LogP contribution in [0.15, 0.2) is 47.4 Å². The lowest BCUT2D eigenvalue weighted by Crippen LogP contribution is -2.34. The maximum Gasteiger partial charge on any atom is 0.251 e. The van der Waals surface area contributed by atoms with Gasteiger partial charge in [0.05, 0.1) is 0 Å². The van der Waals surface area contributed by atoms with Crippen molar-refractivity contribution in [3.8, 4) is 0 Å². The molecule has 0 bridgehead atoms. The second-order valence-corrected chi connectivity index (χ2v) is 7.94. The van der Waals surface area contributed by atoms with Gasteiger partial charge in [0.15, 0.2) is 4.90 Å². The molecule has 138 valence electrons. The highest BCUT2D eigenvalue weighted by molar-refractivity contribution is 7.89. The zero-order valence-corrected chi connectivity index (χ0v) is 14.9. The van der Waals surface area contributed by atoms with Crippen molar-refractivity contribution in [1.82, 2.24) is 9.62 Å². The molecule has 1 saturated carbocycles. The lowest BCUT2D eigenvalue weighted by Gasteiger charge is -2.22. The molecule has 0 saturated heterocycles. The maximum absolute atomic E-state index is 14.0. The number of nitrogens with zero attached hydrogens (tertiary/aromatic N) is 1. The van der Waals surface area contributed by atoms with Crippen molar-refractivity contribution in [2.24, 2.45) is 0 Å². The maximum atomic E-state index is 14.0. The molecule has 0 aromatic heterocycles. The Bertz CT molecular complexity index is 906. The van der Waals surface area contributed by atoms with Crippen LogP contribution in [-0.4, -0.2) is 31.7 Å². The Labute approximate surface area is 150 Å². The highest BCUT2D eigenvalue weighted by atomic mass is 32.2. The minimum absolute atomic E-state index is 0.0190. The fourth-order valence-corrected chi connectivity index (χ4v) is 4.49. The largest absolute Gasteiger partial charge is 0.355 e. The number of amides is 1. The van der Waals surface area contributed by atoms with Crippen molar-refractivity contribution in [2.45, 2.75) is 30.3 Å². The number of hydrogen-bond donors (Lipinski definition) is 1. The standard InChI is InChI=1S/C18H18F2N2O3S/c1-21-18(23)13-7-5-12(6-8-13)11-22(14-9-10-14)26(24,25)17-15(19)3-2-4-16(17)20/h2-8,14H,9-11H2,1H3,(H,21,23). The van der Waals surface area contributed by atoms with Gasteiger partial charge in [-0.15, -0.1) is 0 Å². The third-order valence-electron chi connectivity index (χ3n) is 4.22. The Morgan fingerprint density at radius 2 is 1.69 bits per heavy atom. The lowest BCUT2D eigenvalue weighted by molar-refractivity contribution is 0.0963. The zero-order valence-electron chi connectivity index (χ0n) is 14.1. The molecule has 1 aliphatic rings. The molecule has 3 rings (SSSR count). The summed E-state index contributed by atoms with van der Waals surface area (Å²) in [5, 5.41) is 2.50. The van der Waals surface area contributed by atoms with Crippen molar-refractivity contribution in [3.05, 3.63) is 65.2 Å². The Kier molecular flexibility index (Phi) is 5.06. The van der Waals surface area contributed by atoms with E-state index in [1.165, 1.54) is 7.05 Å². The van der Waals surface area contributed by atoms with Crippen molar-refractivity contribution >= 4 is 15.9 Å². The van der Waals surface area contributed by atoms with E-state index in [2.05, 4.69) is 5.32 Å². The monoisotopic (exact) mass is 380 g/mol. The first kappa shape index (κ1) is 18.5. The molecule has 0 heterocycles. The van der Waals surface area contributed by atoms with E-state index in [-0.39, 0.29) is 18.5 Å². The average Bonchev–Trinajstić information content (AvgIpc) is 3.43. The highest BCUT2D eigenvalue weighted by Gasteiger charge is 2.40. The van der Waals surface area contributed by atoms with Crippen LogP contribution in [0.4, 0.5) is 8.78 Å². The van der Waals surface area contributed by atoms with E-state index in [9.17, 15) is 22.0 Å². The van der Waals surface area contributed by atoms with E-state index in [4.69, 9.17) is 0 Å². The number of benzene rings is 2. The van der Waals surface area contributed by atoms with Gasteiger partial charge in [-0.25, -0.2) is 17.2 Å². The van der Waals surface area contributed by atoms with Crippen LogP contribution in [0.25, 0.3) is 0 Å². The predicted octanol–water partition coefficient (Wildman–Crippen LogP) is 2.68. The molecule has 2 aromatic carbocycles. The minimum Gasteiger partial charge on any atom is -0.355 e. The number of carbonyl (C=O) groups excluding carboxylic acids is 1. The Morgan fingerprint density at radius 1 is 1.12 bits per heavy atom. The number of halogens is 2. The zero-order chi connectivity index (χ0) is 18.9. The fourth-order valence-electron chi connectivity index (χ4n) is 2.70. The number of nitrogens with one attached hydrogen (secondary N) is 1. The van der Waals surface area contributed by atoms with Crippen LogP contribution in [0.3, 0.4) is 0 Å². The van der Waals surface area contributed by atoms with Gasteiger partial charge in [-0.05, 0) is 42.7 Å². The van der Waals surface area contributed by atoms with E-state index < -0.39 is 26.6 Å². The van der Waals surface area contributed by atoms with E-state index >= 15 is 0 Å². The topological polar surface area (TPSA) is 66.5 Å². The van der Waals surface area contributed by atoms with Gasteiger partial charge >= 0.3 is 0 Å². The van der Waals surface area contributed by atoms with Crippen molar-refractivity contribution in [1.29, 1.82) is 0 Å². The second kappa shape index (κ2) is 7.13. The summed E-state index contributed by atoms with van der Waals surface area (Å²) in [4.78, 5) is 10.7. The fraction of sp³-hybridized carbons (Fsp3) is 0.278. The van der Waals surface area contributed by atoms with Gasteiger partial charge in [-0.3, -0.25) is 4.79 Å². The molecule has 0 spiro atoms. The number of hydrogen-bond acceptors (Lipinski definition) is 3. The molecule has 1 amide bonds. The summed E-state index contributed by atoms with van der Waals surface area (Å²) in [7, 11) is -2.81. The SMILES string of the molecule is CNC(=O)c1ccc(CN(C2CC2)S(=O)(=O)c2c(F)cccc2F)cc1. The van der Waals surface area contributed by atoms with E-state index in [0.717, 1.165) is 22.5 Å². The molecule has 0 atom stereocenters. The summed E-state index contributed by atoms with van der Waals surface area (Å²) >= 11 is 0. The van der Waals surface area contributed by atoms with Crippen LogP contribution in [0.2, 0.25) is 0 Å². The van der Waals surface area contributed by atoms with Gasteiger partial charge in [0.2, 0.25) is 10.0 Å². The van der Waals surface area contributed by atoms with Crippen LogP contribution in [0, 0.1) is 11.6 Å². The molecule has 8 heteroatoms. The Balaban J connectivity index is 1.92. The number of sulfonamides is 1. The van der Waals surface area contributed by atoms with E-state index in [1.807, 2.05) is 0 Å². The van der Waals surface area contributed by atoms with Crippen LogP contribution in [0.5, 0.6) is 0 Å². The Hall–Kier alpha value is -2.32. The summed E-state index contributed by atoms with van der Waals surface area (Å²) < 4.78 is 54.9. The van der Waals surface area contributed by atoms with Gasteiger partial charge in [0.1, 0.15) is 11.6 Å². The molecule has 0 radical (unpaired) electrons. The summed E-state index contributed by atoms with van der Waals surface area (Å²) in [5.74, 6) is -2.46. The average molecular weight is 380 g/mol. The molecule has 0 unspecified atom stereocenters. The molecule has 1 N–H and O–H groups in total. The third kappa shape index (κ3) is 3.61. The van der Waals surface area contributed by atoms with Crippen LogP contribution in [0.1, 0.15) is 28.8 Å². The first-order valence-corrected chi connectivity index (χ1v) is 9.55. The quantitative estimate of drug-likeness (QED) is 0.838. The molecule has 5 nitrogen and oxygen atoms in total. The van der Waals surface area contributed by atoms with Crippen molar-refractivity contribution in [2.75, 3.05) is 7.05 Å². The van der Waals surface area contributed by atoms with Crippen molar-refractivity contribution in [3.63, 3.8) is 0 Å². The first-order chi connectivity index (χ1) is 12.3. The van der Waals surface area contributed by atoms with Crippen molar-refractivity contribution < 1.29 is 22.0 Å². The van der Waals surface area contributed by atoms with Gasteiger partial charge in [0, 0.05) is 25.2 Å². The molecular formula is C18H18F2N2O3S. The predicted molar refractivity (Wildman–Crippen MR) is 91.9 cm³/mol. The first-order valence-electron chi connectivity index (χ1n) is 8.11. The molecule has 2 aromatic rings. The molecular weight excluding hydrogens is 362 g/mol. The summed E-state index contributed by atoms with van der Waals surface area (Å²) in [6.45, 7) is -0.0190. The minimum atomic E-state index is -4.32. The number of carbonyl (C=O) groups is 1. The smallest absolute Gasteiger partial charge is 0.251 e. The van der Waals surface area contributed by atoms with Crippen LogP contribution in [-0.2, 0) is 16.6 Å². The molecule has 1 aliphatic carbocycles. The molecule has 26 heavy (non-hydrogen) atoms. The van der Waals surface area contributed by atoms with E-state index in [0.29, 0.717) is 24.0 Å². The van der Waals surface area contributed by atoms with Crippen LogP contribution >= 0.6 is 0 Å². The lowest BCUT2D eigenvalue weighted by atomic mass is 10.1. The van der Waals surface area contributed by atoms with Gasteiger partial charge in [0.25, 0.3) is 5.91 Å². The number of rotatable bonds is 6.